The molecule has 0 aromatic carbocycles. The first-order chi connectivity index (χ1) is 10.3. The van der Waals surface area contributed by atoms with Crippen LogP contribution in [-0.2, 0) is 28.6 Å². The molecule has 7 heteroatoms. The molecule has 0 rings (SSSR count). The number of hydrogen-bond donors (Lipinski definition) is 1. The van der Waals surface area contributed by atoms with Gasteiger partial charge in [-0.05, 0) is 32.9 Å². The molecule has 0 aromatic rings. The quantitative estimate of drug-likeness (QED) is 0.216. The van der Waals surface area contributed by atoms with Crippen LogP contribution in [0.3, 0.4) is 0 Å². The van der Waals surface area contributed by atoms with E-state index in [-0.39, 0.29) is 18.8 Å². The van der Waals surface area contributed by atoms with Crippen molar-refractivity contribution in [1.82, 2.24) is 0 Å². The van der Waals surface area contributed by atoms with E-state index in [1.165, 1.54) is 6.92 Å². The zero-order chi connectivity index (χ0) is 17.1. The van der Waals surface area contributed by atoms with Crippen molar-refractivity contribution in [2.24, 2.45) is 11.8 Å². The molecule has 0 N–H and O–H groups in total. The van der Waals surface area contributed by atoms with Gasteiger partial charge in [0.1, 0.15) is 13.2 Å². The largest absolute Gasteiger partial charge is 0.465 e. The molecule has 22 heavy (non-hydrogen) atoms. The number of ether oxygens (including phenoxy) is 3. The summed E-state index contributed by atoms with van der Waals surface area (Å²) >= 11 is 4.01. The second kappa shape index (κ2) is 11.1. The predicted molar refractivity (Wildman–Crippen MR) is 84.5 cm³/mol. The summed E-state index contributed by atoms with van der Waals surface area (Å²) in [4.78, 5) is 34.5. The lowest BCUT2D eigenvalue weighted by atomic mass is 10.2. The summed E-state index contributed by atoms with van der Waals surface area (Å²) in [6.07, 6.45) is 0.673. The Morgan fingerprint density at radius 1 is 1.00 bits per heavy atom. The highest BCUT2D eigenvalue weighted by Crippen LogP contribution is 2.06. The summed E-state index contributed by atoms with van der Waals surface area (Å²) < 4.78 is 14.9. The highest BCUT2D eigenvalue weighted by molar-refractivity contribution is 7.80. The third-order valence-corrected chi connectivity index (χ3v) is 2.96. The van der Waals surface area contributed by atoms with E-state index in [1.54, 1.807) is 13.8 Å². The van der Waals surface area contributed by atoms with Gasteiger partial charge >= 0.3 is 17.9 Å². The average molecular weight is 332 g/mol. The topological polar surface area (TPSA) is 78.9 Å². The van der Waals surface area contributed by atoms with Gasteiger partial charge in [0.05, 0.1) is 18.4 Å². The van der Waals surface area contributed by atoms with Crippen molar-refractivity contribution >= 4 is 30.5 Å². The summed E-state index contributed by atoms with van der Waals surface area (Å²) in [5.74, 6) is -2.04. The Balaban J connectivity index is 4.02. The zero-order valence-electron chi connectivity index (χ0n) is 13.3. The maximum Gasteiger partial charge on any atom is 0.333 e. The molecule has 0 heterocycles. The van der Waals surface area contributed by atoms with Crippen molar-refractivity contribution in [3.8, 4) is 0 Å². The van der Waals surface area contributed by atoms with Crippen LogP contribution in [0, 0.1) is 11.8 Å². The predicted octanol–water partition coefficient (Wildman–Crippen LogP) is 1.78. The molecule has 0 fully saturated rings. The van der Waals surface area contributed by atoms with Crippen molar-refractivity contribution in [1.29, 1.82) is 0 Å². The molecule has 0 bridgehead atoms. The second-order valence-corrected chi connectivity index (χ2v) is 5.50. The Hall–Kier alpha value is -1.50. The summed E-state index contributed by atoms with van der Waals surface area (Å²) in [6.45, 7) is 8.28. The summed E-state index contributed by atoms with van der Waals surface area (Å²) in [5, 5.41) is 0. The molecule has 0 saturated heterocycles. The number of esters is 3. The van der Waals surface area contributed by atoms with E-state index < -0.39 is 29.7 Å². The lowest BCUT2D eigenvalue weighted by Gasteiger charge is -2.15. The monoisotopic (exact) mass is 332 g/mol. The highest BCUT2D eigenvalue weighted by Gasteiger charge is 2.21. The van der Waals surface area contributed by atoms with E-state index in [0.717, 1.165) is 0 Å². The van der Waals surface area contributed by atoms with Crippen LogP contribution in [0.5, 0.6) is 0 Å². The van der Waals surface area contributed by atoms with Gasteiger partial charge in [0.25, 0.3) is 0 Å². The lowest BCUT2D eigenvalue weighted by Crippen LogP contribution is -2.26. The highest BCUT2D eigenvalue weighted by atomic mass is 32.1. The molecular formula is C15H24O6S. The minimum atomic E-state index is -0.615. The smallest absolute Gasteiger partial charge is 0.333 e. The van der Waals surface area contributed by atoms with Crippen LogP contribution in [0.15, 0.2) is 12.2 Å². The number of rotatable bonds is 10. The fourth-order valence-corrected chi connectivity index (χ4v) is 1.32. The molecule has 6 nitrogen and oxygen atoms in total. The molecule has 0 spiro atoms. The maximum absolute atomic E-state index is 11.7. The van der Waals surface area contributed by atoms with Gasteiger partial charge in [-0.1, -0.05) is 6.58 Å². The molecule has 2 atom stereocenters. The van der Waals surface area contributed by atoms with Crippen LogP contribution >= 0.6 is 12.6 Å². The van der Waals surface area contributed by atoms with Gasteiger partial charge in [0.15, 0.2) is 0 Å². The summed E-state index contributed by atoms with van der Waals surface area (Å²) in [6, 6.07) is 0. The van der Waals surface area contributed by atoms with Gasteiger partial charge in [-0.3, -0.25) is 9.59 Å². The first-order valence-electron chi connectivity index (χ1n) is 7.06. The molecule has 0 aliphatic carbocycles. The van der Waals surface area contributed by atoms with Gasteiger partial charge in [-0.15, -0.1) is 0 Å². The third-order valence-electron chi connectivity index (χ3n) is 2.64. The number of carbonyl (C=O) groups is 3. The van der Waals surface area contributed by atoms with Crippen molar-refractivity contribution in [2.75, 3.05) is 25.6 Å². The minimum Gasteiger partial charge on any atom is -0.465 e. The number of carbonyl (C=O) groups excluding carboxylic acids is 3. The molecule has 0 radical (unpaired) electrons. The van der Waals surface area contributed by atoms with Crippen molar-refractivity contribution < 1.29 is 28.6 Å². The van der Waals surface area contributed by atoms with Gasteiger partial charge in [-0.25, -0.2) is 4.79 Å². The lowest BCUT2D eigenvalue weighted by molar-refractivity contribution is -0.158. The average Bonchev–Trinajstić information content (AvgIpc) is 2.49. The van der Waals surface area contributed by atoms with Crippen molar-refractivity contribution in [3.05, 3.63) is 12.2 Å². The molecular weight excluding hydrogens is 308 g/mol. The first-order valence-corrected chi connectivity index (χ1v) is 7.69. The van der Waals surface area contributed by atoms with E-state index in [2.05, 4.69) is 19.2 Å². The van der Waals surface area contributed by atoms with E-state index in [0.29, 0.717) is 18.8 Å². The normalized spacial score (nSPS) is 12.9. The molecule has 0 aliphatic rings. The van der Waals surface area contributed by atoms with E-state index in [1.807, 2.05) is 0 Å². The van der Waals surface area contributed by atoms with Crippen LogP contribution in [0.25, 0.3) is 0 Å². The van der Waals surface area contributed by atoms with Gasteiger partial charge in [-0.2, -0.15) is 12.6 Å². The van der Waals surface area contributed by atoms with Crippen LogP contribution in [0.2, 0.25) is 0 Å². The van der Waals surface area contributed by atoms with Crippen molar-refractivity contribution in [3.63, 3.8) is 0 Å². The van der Waals surface area contributed by atoms with Gasteiger partial charge in [0, 0.05) is 5.57 Å². The molecule has 2 unspecified atom stereocenters. The molecule has 0 saturated carbocycles. The summed E-state index contributed by atoms with van der Waals surface area (Å²) in [5.41, 5.74) is 0.262. The fraction of sp³-hybridized carbons (Fsp3) is 0.667. The second-order valence-electron chi connectivity index (χ2n) is 5.06. The number of thiol groups is 1. The zero-order valence-corrected chi connectivity index (χ0v) is 14.2. The molecule has 0 aliphatic heterocycles. The standard InChI is InChI=1S/C15H24O6S/c1-10(2)13(16)20-8-12(4)15(18)21-9-11(3)14(17)19-6-5-7-22/h11-12,22H,1,5-9H2,2-4H3. The Bertz CT molecular complexity index is 407. The third kappa shape index (κ3) is 8.71. The van der Waals surface area contributed by atoms with E-state index >= 15 is 0 Å². The minimum absolute atomic E-state index is 0.0721. The Morgan fingerprint density at radius 3 is 2.00 bits per heavy atom. The van der Waals surface area contributed by atoms with Crippen LogP contribution in [0.1, 0.15) is 27.2 Å². The van der Waals surface area contributed by atoms with Gasteiger partial charge in [0.2, 0.25) is 0 Å². The summed E-state index contributed by atoms with van der Waals surface area (Å²) in [7, 11) is 0. The fourth-order valence-electron chi connectivity index (χ4n) is 1.19. The SMILES string of the molecule is C=C(C)C(=O)OCC(C)C(=O)OCC(C)C(=O)OCCCS. The Kier molecular flexibility index (Phi) is 10.4. The van der Waals surface area contributed by atoms with Gasteiger partial charge < -0.3 is 14.2 Å². The molecule has 0 amide bonds. The van der Waals surface area contributed by atoms with Crippen LogP contribution < -0.4 is 0 Å². The van der Waals surface area contributed by atoms with E-state index in [4.69, 9.17) is 14.2 Å². The number of hydrogen-bond acceptors (Lipinski definition) is 7. The van der Waals surface area contributed by atoms with E-state index in [9.17, 15) is 14.4 Å². The van der Waals surface area contributed by atoms with Crippen molar-refractivity contribution in [2.45, 2.75) is 27.2 Å². The van der Waals surface area contributed by atoms with Crippen LogP contribution in [-0.4, -0.2) is 43.5 Å². The maximum atomic E-state index is 11.7. The Morgan fingerprint density at radius 2 is 1.50 bits per heavy atom. The van der Waals surface area contributed by atoms with Crippen LogP contribution in [0.4, 0.5) is 0 Å². The first kappa shape index (κ1) is 20.5. The molecule has 0 aromatic heterocycles. The Labute approximate surface area is 136 Å². The molecule has 126 valence electrons.